The molecule has 1 aromatic carbocycles. The van der Waals surface area contributed by atoms with Gasteiger partial charge in [0.1, 0.15) is 5.82 Å². The van der Waals surface area contributed by atoms with E-state index in [1.165, 1.54) is 0 Å². The van der Waals surface area contributed by atoms with Crippen molar-refractivity contribution < 1.29 is 9.59 Å². The smallest absolute Gasteiger partial charge is 0.318 e. The number of benzene rings is 1. The van der Waals surface area contributed by atoms with Crippen LogP contribution in [0.25, 0.3) is 0 Å². The van der Waals surface area contributed by atoms with E-state index in [0.29, 0.717) is 37.3 Å². The lowest BCUT2D eigenvalue weighted by Crippen LogP contribution is -2.57. The van der Waals surface area contributed by atoms with Crippen LogP contribution in [0.2, 0.25) is 0 Å². The molecule has 2 heterocycles. The van der Waals surface area contributed by atoms with Gasteiger partial charge in [0.15, 0.2) is 5.78 Å². The number of piperazine rings is 1. The minimum absolute atomic E-state index is 0.159. The van der Waals surface area contributed by atoms with Gasteiger partial charge in [-0.3, -0.25) is 4.79 Å². The Morgan fingerprint density at radius 2 is 1.71 bits per heavy atom. The topological polar surface area (TPSA) is 89.3 Å². The molecular weight excluding hydrogens is 390 g/mol. The minimum Gasteiger partial charge on any atom is -0.353 e. The van der Waals surface area contributed by atoms with Crippen molar-refractivity contribution in [3.8, 4) is 6.07 Å². The first kappa shape index (κ1) is 22.3. The van der Waals surface area contributed by atoms with E-state index in [4.69, 9.17) is 5.26 Å². The van der Waals surface area contributed by atoms with E-state index < -0.39 is 11.5 Å². The monoisotopic (exact) mass is 419 g/mol. The lowest BCUT2D eigenvalue weighted by atomic mass is 9.82. The van der Waals surface area contributed by atoms with Gasteiger partial charge in [0.25, 0.3) is 0 Å². The highest BCUT2D eigenvalue weighted by Crippen LogP contribution is 2.24. The highest BCUT2D eigenvalue weighted by atomic mass is 16.2. The predicted molar refractivity (Wildman–Crippen MR) is 120 cm³/mol. The minimum atomic E-state index is -0.676. The van der Waals surface area contributed by atoms with Gasteiger partial charge < -0.3 is 15.1 Å². The van der Waals surface area contributed by atoms with Crippen LogP contribution in [0.3, 0.4) is 0 Å². The third-order valence-electron chi connectivity index (χ3n) is 5.46. The van der Waals surface area contributed by atoms with Crippen molar-refractivity contribution in [3.63, 3.8) is 0 Å². The third kappa shape index (κ3) is 5.40. The van der Waals surface area contributed by atoms with E-state index in [9.17, 15) is 9.59 Å². The molecule has 1 atom stereocenters. The molecule has 2 aromatic rings. The number of nitrogens with zero attached hydrogens (tertiary/aromatic N) is 4. The fraction of sp³-hybridized carbons (Fsp3) is 0.417. The molecule has 0 saturated carbocycles. The maximum Gasteiger partial charge on any atom is 0.318 e. The Bertz CT molecular complexity index is 980. The lowest BCUT2D eigenvalue weighted by Gasteiger charge is -2.37. The quantitative estimate of drug-likeness (QED) is 0.768. The second-order valence-corrected chi connectivity index (χ2v) is 8.91. The highest BCUT2D eigenvalue weighted by Gasteiger charge is 2.35. The molecule has 0 unspecified atom stereocenters. The molecule has 162 valence electrons. The Morgan fingerprint density at radius 3 is 2.26 bits per heavy atom. The van der Waals surface area contributed by atoms with E-state index in [1.807, 2.05) is 45.9 Å². The summed E-state index contributed by atoms with van der Waals surface area (Å²) in [5, 5.41) is 11.9. The molecule has 1 N–H and O–H groups in total. The van der Waals surface area contributed by atoms with E-state index in [1.54, 1.807) is 29.2 Å². The Labute approximate surface area is 183 Å². The van der Waals surface area contributed by atoms with Crippen LogP contribution in [0.15, 0.2) is 42.5 Å². The zero-order chi connectivity index (χ0) is 22.6. The fourth-order valence-electron chi connectivity index (χ4n) is 3.61. The molecular formula is C24H29N5O2. The van der Waals surface area contributed by atoms with Gasteiger partial charge in [-0.1, -0.05) is 39.0 Å². The first-order chi connectivity index (χ1) is 14.7. The van der Waals surface area contributed by atoms with E-state index >= 15 is 0 Å². The summed E-state index contributed by atoms with van der Waals surface area (Å²) in [6.07, 6.45) is 0. The molecule has 1 fully saturated rings. The average molecular weight is 420 g/mol. The summed E-state index contributed by atoms with van der Waals surface area (Å²) >= 11 is 0. The third-order valence-corrected chi connectivity index (χ3v) is 5.46. The number of ketones is 1. The van der Waals surface area contributed by atoms with Crippen molar-refractivity contribution in [2.75, 3.05) is 31.1 Å². The van der Waals surface area contributed by atoms with Gasteiger partial charge in [-0.15, -0.1) is 0 Å². The van der Waals surface area contributed by atoms with Crippen molar-refractivity contribution in [1.29, 1.82) is 5.26 Å². The zero-order valence-corrected chi connectivity index (χ0v) is 18.6. The Kier molecular flexibility index (Phi) is 6.59. The lowest BCUT2D eigenvalue weighted by molar-refractivity contribution is 0.0862. The summed E-state index contributed by atoms with van der Waals surface area (Å²) in [5.74, 6) is 0.761. The van der Waals surface area contributed by atoms with E-state index in [2.05, 4.69) is 21.3 Å². The Hall–Kier alpha value is -3.40. The largest absolute Gasteiger partial charge is 0.353 e. The van der Waals surface area contributed by atoms with Crippen molar-refractivity contribution in [2.45, 2.75) is 33.7 Å². The number of nitriles is 1. The van der Waals surface area contributed by atoms with Crippen LogP contribution in [0.5, 0.6) is 0 Å². The SMILES string of the molecule is Cc1cccc(N2CCN(C(=O)N[C@H](C(=O)c3ccc(C#N)cc3)C(C)(C)C)CC2)n1. The number of carbonyl (C=O) groups is 2. The van der Waals surface area contributed by atoms with Crippen LogP contribution in [0.4, 0.5) is 10.6 Å². The standard InChI is InChI=1S/C24H29N5O2/c1-17-6-5-7-20(26-17)28-12-14-29(15-13-28)23(31)27-22(24(2,3)4)21(30)19-10-8-18(16-25)9-11-19/h5-11,22H,12-15H2,1-4H3,(H,27,31)/t22-/m1/s1. The summed E-state index contributed by atoms with van der Waals surface area (Å²) in [6, 6.07) is 13.6. The van der Waals surface area contributed by atoms with E-state index in [-0.39, 0.29) is 11.8 Å². The van der Waals surface area contributed by atoms with Crippen LogP contribution >= 0.6 is 0 Å². The molecule has 31 heavy (non-hydrogen) atoms. The fourth-order valence-corrected chi connectivity index (χ4v) is 3.61. The number of carbonyl (C=O) groups excluding carboxylic acids is 2. The Morgan fingerprint density at radius 1 is 1.06 bits per heavy atom. The molecule has 1 saturated heterocycles. The van der Waals surface area contributed by atoms with Crippen molar-refractivity contribution in [1.82, 2.24) is 15.2 Å². The second-order valence-electron chi connectivity index (χ2n) is 8.91. The highest BCUT2D eigenvalue weighted by molar-refractivity contribution is 6.02. The number of amides is 2. The number of urea groups is 1. The van der Waals surface area contributed by atoms with Gasteiger partial charge in [-0.2, -0.15) is 5.26 Å². The van der Waals surface area contributed by atoms with Gasteiger partial charge in [0.2, 0.25) is 0 Å². The van der Waals surface area contributed by atoms with Gasteiger partial charge >= 0.3 is 6.03 Å². The summed E-state index contributed by atoms with van der Waals surface area (Å²) in [4.78, 5) is 34.6. The predicted octanol–water partition coefficient (Wildman–Crippen LogP) is 3.39. The number of rotatable bonds is 4. The Balaban J connectivity index is 1.66. The van der Waals surface area contributed by atoms with Crippen molar-refractivity contribution in [3.05, 3.63) is 59.3 Å². The second kappa shape index (κ2) is 9.17. The van der Waals surface area contributed by atoms with Gasteiger partial charge in [-0.05, 0) is 36.6 Å². The number of pyridine rings is 1. The van der Waals surface area contributed by atoms with Gasteiger partial charge in [0.05, 0.1) is 17.7 Å². The van der Waals surface area contributed by atoms with E-state index in [0.717, 1.165) is 11.5 Å². The molecule has 0 bridgehead atoms. The number of aromatic nitrogens is 1. The zero-order valence-electron chi connectivity index (χ0n) is 18.6. The first-order valence-electron chi connectivity index (χ1n) is 10.5. The number of anilines is 1. The summed E-state index contributed by atoms with van der Waals surface area (Å²) in [7, 11) is 0. The maximum absolute atomic E-state index is 13.1. The first-order valence-corrected chi connectivity index (χ1v) is 10.5. The maximum atomic E-state index is 13.1. The molecule has 2 amide bonds. The van der Waals surface area contributed by atoms with Gasteiger partial charge in [-0.25, -0.2) is 9.78 Å². The van der Waals surface area contributed by atoms with Gasteiger partial charge in [0, 0.05) is 37.4 Å². The summed E-state index contributed by atoms with van der Waals surface area (Å²) in [5.41, 5.74) is 1.48. The molecule has 0 aliphatic carbocycles. The van der Waals surface area contributed by atoms with Crippen LogP contribution in [-0.2, 0) is 0 Å². The molecule has 7 nitrogen and oxygen atoms in total. The molecule has 1 aromatic heterocycles. The number of hydrogen-bond donors (Lipinski definition) is 1. The molecule has 7 heteroatoms. The van der Waals surface area contributed by atoms with Crippen LogP contribution in [-0.4, -0.2) is 53.9 Å². The van der Waals surface area contributed by atoms with Crippen LogP contribution in [0, 0.1) is 23.7 Å². The number of hydrogen-bond acceptors (Lipinski definition) is 5. The number of Topliss-reactive ketones (excluding diaryl/α,β-unsaturated/α-hetero) is 1. The molecule has 1 aliphatic rings. The average Bonchev–Trinajstić information content (AvgIpc) is 2.76. The summed E-state index contributed by atoms with van der Waals surface area (Å²) < 4.78 is 0. The van der Waals surface area contributed by atoms with Crippen LogP contribution < -0.4 is 10.2 Å². The van der Waals surface area contributed by atoms with Crippen molar-refractivity contribution >= 4 is 17.6 Å². The molecule has 1 aliphatic heterocycles. The molecule has 3 rings (SSSR count). The normalized spacial score (nSPS) is 15.2. The summed E-state index contributed by atoms with van der Waals surface area (Å²) in [6.45, 7) is 10.3. The molecule has 0 spiro atoms. The van der Waals surface area contributed by atoms with Crippen molar-refractivity contribution in [2.24, 2.45) is 5.41 Å². The number of aryl methyl sites for hydroxylation is 1. The van der Waals surface area contributed by atoms with Crippen LogP contribution in [0.1, 0.15) is 42.4 Å². The molecule has 0 radical (unpaired) electrons. The number of nitrogens with one attached hydrogen (secondary N) is 1.